The maximum absolute atomic E-state index is 5.90. The van der Waals surface area contributed by atoms with E-state index in [2.05, 4.69) is 17.2 Å². The molecule has 0 aliphatic heterocycles. The lowest BCUT2D eigenvalue weighted by molar-refractivity contribution is 0.0704. The number of aromatic nitrogens is 3. The van der Waals surface area contributed by atoms with Gasteiger partial charge in [-0.3, -0.25) is 0 Å². The van der Waals surface area contributed by atoms with Gasteiger partial charge in [0.05, 0.1) is 11.9 Å². The van der Waals surface area contributed by atoms with Gasteiger partial charge in [0.25, 0.3) is 0 Å². The molecule has 1 aromatic heterocycles. The molecule has 0 fully saturated rings. The maximum atomic E-state index is 5.90. The van der Waals surface area contributed by atoms with Crippen LogP contribution in [0.2, 0.25) is 6.04 Å². The van der Waals surface area contributed by atoms with Crippen molar-refractivity contribution in [3.05, 3.63) is 11.9 Å². The summed E-state index contributed by atoms with van der Waals surface area (Å²) in [5, 5.41) is 8.31. The molecule has 0 atom stereocenters. The van der Waals surface area contributed by atoms with Gasteiger partial charge in [-0.1, -0.05) is 31.4 Å². The van der Waals surface area contributed by atoms with E-state index in [9.17, 15) is 0 Å². The number of nitrogens with zero attached hydrogens (tertiary/aromatic N) is 3. The molecular formula is C17H35N3O3Si. The number of hydrogen-bond acceptors (Lipinski definition) is 5. The van der Waals surface area contributed by atoms with Crippen molar-refractivity contribution in [2.45, 2.75) is 78.8 Å². The van der Waals surface area contributed by atoms with Gasteiger partial charge in [0.1, 0.15) is 0 Å². The summed E-state index contributed by atoms with van der Waals surface area (Å²) in [5.74, 6) is 0. The van der Waals surface area contributed by atoms with Crippen LogP contribution in [0.25, 0.3) is 0 Å². The highest BCUT2D eigenvalue weighted by Gasteiger charge is 2.39. The molecular weight excluding hydrogens is 322 g/mol. The van der Waals surface area contributed by atoms with Crippen LogP contribution in [0.15, 0.2) is 6.20 Å². The van der Waals surface area contributed by atoms with E-state index in [1.165, 1.54) is 31.4 Å². The summed E-state index contributed by atoms with van der Waals surface area (Å²) >= 11 is 0. The molecule has 7 heteroatoms. The predicted molar refractivity (Wildman–Crippen MR) is 97.9 cm³/mol. The van der Waals surface area contributed by atoms with Crippen molar-refractivity contribution in [3.8, 4) is 0 Å². The fourth-order valence-electron chi connectivity index (χ4n) is 2.84. The van der Waals surface area contributed by atoms with Crippen LogP contribution in [0.1, 0.15) is 65.5 Å². The fourth-order valence-corrected chi connectivity index (χ4v) is 5.43. The Morgan fingerprint density at radius 2 is 1.58 bits per heavy atom. The van der Waals surface area contributed by atoms with Gasteiger partial charge >= 0.3 is 8.80 Å². The fraction of sp³-hybridized carbons (Fsp3) is 0.882. The molecule has 0 saturated carbocycles. The third-order valence-corrected chi connectivity index (χ3v) is 7.08. The highest BCUT2D eigenvalue weighted by molar-refractivity contribution is 6.60. The van der Waals surface area contributed by atoms with Gasteiger partial charge in [-0.05, 0) is 40.0 Å². The van der Waals surface area contributed by atoms with Crippen LogP contribution >= 0.6 is 0 Å². The molecule has 0 N–H and O–H groups in total. The molecule has 24 heavy (non-hydrogen) atoms. The van der Waals surface area contributed by atoms with Crippen LogP contribution in [0.3, 0.4) is 0 Å². The summed E-state index contributed by atoms with van der Waals surface area (Å²) < 4.78 is 19.7. The van der Waals surface area contributed by atoms with Crippen LogP contribution in [0.5, 0.6) is 0 Å². The summed E-state index contributed by atoms with van der Waals surface area (Å²) in [6.07, 6.45) is 8.91. The predicted octanol–water partition coefficient (Wildman–Crippen LogP) is 3.84. The first kappa shape index (κ1) is 21.3. The van der Waals surface area contributed by atoms with Gasteiger partial charge in [0.15, 0.2) is 0 Å². The molecule has 0 saturated heterocycles. The Morgan fingerprint density at radius 1 is 0.917 bits per heavy atom. The van der Waals surface area contributed by atoms with Crippen LogP contribution in [0, 0.1) is 0 Å². The minimum Gasteiger partial charge on any atom is -0.374 e. The van der Waals surface area contributed by atoms with Gasteiger partial charge in [-0.25, -0.2) is 4.68 Å². The number of unbranched alkanes of at least 4 members (excludes halogenated alkanes) is 3. The highest BCUT2D eigenvalue weighted by Crippen LogP contribution is 2.19. The summed E-state index contributed by atoms with van der Waals surface area (Å²) in [6.45, 7) is 10.9. The highest BCUT2D eigenvalue weighted by atomic mass is 28.4. The molecule has 1 aromatic rings. The molecule has 0 amide bonds. The van der Waals surface area contributed by atoms with E-state index in [4.69, 9.17) is 13.3 Å². The van der Waals surface area contributed by atoms with E-state index in [1.54, 1.807) is 0 Å². The average molecular weight is 358 g/mol. The molecule has 0 aromatic carbocycles. The van der Waals surface area contributed by atoms with E-state index < -0.39 is 8.80 Å². The van der Waals surface area contributed by atoms with Gasteiger partial charge in [0, 0.05) is 32.4 Å². The van der Waals surface area contributed by atoms with Gasteiger partial charge in [0.2, 0.25) is 0 Å². The van der Waals surface area contributed by atoms with Crippen molar-refractivity contribution >= 4 is 8.80 Å². The summed E-state index contributed by atoms with van der Waals surface area (Å²) in [5.41, 5.74) is 1.22. The van der Waals surface area contributed by atoms with Gasteiger partial charge in [-0.15, -0.1) is 5.10 Å². The van der Waals surface area contributed by atoms with E-state index in [1.807, 2.05) is 31.6 Å². The molecule has 140 valence electrons. The summed E-state index contributed by atoms with van der Waals surface area (Å²) in [7, 11) is -2.54. The zero-order valence-electron chi connectivity index (χ0n) is 15.9. The second-order valence-electron chi connectivity index (χ2n) is 5.84. The van der Waals surface area contributed by atoms with Crippen molar-refractivity contribution in [2.75, 3.05) is 19.8 Å². The van der Waals surface area contributed by atoms with Crippen molar-refractivity contribution in [2.24, 2.45) is 0 Å². The number of rotatable bonds is 15. The lowest BCUT2D eigenvalue weighted by Gasteiger charge is -2.28. The van der Waals surface area contributed by atoms with E-state index in [0.29, 0.717) is 19.8 Å². The lowest BCUT2D eigenvalue weighted by atomic mass is 10.1. The zero-order valence-corrected chi connectivity index (χ0v) is 16.9. The summed E-state index contributed by atoms with van der Waals surface area (Å²) in [4.78, 5) is 0. The van der Waals surface area contributed by atoms with Crippen LogP contribution in [0.4, 0.5) is 0 Å². The molecule has 1 rings (SSSR count). The second-order valence-corrected chi connectivity index (χ2v) is 8.58. The van der Waals surface area contributed by atoms with E-state index in [-0.39, 0.29) is 0 Å². The Bertz CT molecular complexity index is 412. The smallest absolute Gasteiger partial charge is 0.374 e. The first-order valence-electron chi connectivity index (χ1n) is 9.50. The van der Waals surface area contributed by atoms with Crippen LogP contribution in [-0.2, 0) is 26.2 Å². The Kier molecular flexibility index (Phi) is 11.2. The van der Waals surface area contributed by atoms with Crippen molar-refractivity contribution < 1.29 is 13.3 Å². The topological polar surface area (TPSA) is 58.4 Å². The first-order valence-corrected chi connectivity index (χ1v) is 11.4. The zero-order chi connectivity index (χ0) is 17.7. The molecule has 0 unspecified atom stereocenters. The third-order valence-electron chi connectivity index (χ3n) is 3.93. The van der Waals surface area contributed by atoms with E-state index in [0.717, 1.165) is 25.4 Å². The number of hydrogen-bond donors (Lipinski definition) is 0. The van der Waals surface area contributed by atoms with Gasteiger partial charge in [-0.2, -0.15) is 0 Å². The van der Waals surface area contributed by atoms with Crippen molar-refractivity contribution in [3.63, 3.8) is 0 Å². The Hall–Kier alpha value is -0.763. The Morgan fingerprint density at radius 3 is 2.17 bits per heavy atom. The number of aryl methyl sites for hydroxylation is 2. The van der Waals surface area contributed by atoms with Crippen molar-refractivity contribution in [1.29, 1.82) is 0 Å². The molecule has 0 aliphatic rings. The SMILES string of the molecule is CCCCCCc1cnnn1CCC[Si](OCC)(OCC)OCC. The standard InChI is InChI=1S/C17H35N3O3Si/c1-5-9-10-11-13-17-16-18-19-20(17)14-12-15-24(21-6-2,22-7-3)23-8-4/h16H,5-15H2,1-4H3. The maximum Gasteiger partial charge on any atom is 0.500 e. The second kappa shape index (κ2) is 12.6. The lowest BCUT2D eigenvalue weighted by Crippen LogP contribution is -2.46. The molecule has 0 radical (unpaired) electrons. The average Bonchev–Trinajstić information content (AvgIpc) is 3.00. The molecule has 0 aliphatic carbocycles. The molecule has 0 bridgehead atoms. The molecule has 1 heterocycles. The quantitative estimate of drug-likeness (QED) is 0.352. The Balaban J connectivity index is 2.50. The molecule has 0 spiro atoms. The third kappa shape index (κ3) is 7.42. The van der Waals surface area contributed by atoms with E-state index >= 15 is 0 Å². The largest absolute Gasteiger partial charge is 0.500 e. The summed E-state index contributed by atoms with van der Waals surface area (Å²) in [6, 6.07) is 0.817. The van der Waals surface area contributed by atoms with Crippen LogP contribution in [-0.4, -0.2) is 43.6 Å². The first-order chi connectivity index (χ1) is 11.7. The minimum absolute atomic E-state index is 0.623. The molecule has 6 nitrogen and oxygen atoms in total. The van der Waals surface area contributed by atoms with Crippen molar-refractivity contribution in [1.82, 2.24) is 15.0 Å². The Labute approximate surface area is 148 Å². The van der Waals surface area contributed by atoms with Gasteiger partial charge < -0.3 is 13.3 Å². The monoisotopic (exact) mass is 357 g/mol. The van der Waals surface area contributed by atoms with Crippen LogP contribution < -0.4 is 0 Å². The minimum atomic E-state index is -2.54. The normalized spacial score (nSPS) is 12.0.